The summed E-state index contributed by atoms with van der Waals surface area (Å²) in [5, 5.41) is 14.9. The highest BCUT2D eigenvalue weighted by Gasteiger charge is 2.06. The van der Waals surface area contributed by atoms with E-state index >= 15 is 0 Å². The van der Waals surface area contributed by atoms with E-state index in [1.54, 1.807) is 6.92 Å². The molecule has 0 aliphatic carbocycles. The Bertz CT molecular complexity index is 431. The fourth-order valence-electron chi connectivity index (χ4n) is 1.73. The van der Waals surface area contributed by atoms with Gasteiger partial charge in [-0.05, 0) is 19.8 Å². The van der Waals surface area contributed by atoms with Gasteiger partial charge in [0.25, 0.3) is 0 Å². The molecule has 1 heterocycles. The molecular formula is C13H21N3O4. The highest BCUT2D eigenvalue weighted by Crippen LogP contribution is 2.03. The van der Waals surface area contributed by atoms with E-state index in [2.05, 4.69) is 15.5 Å². The van der Waals surface area contributed by atoms with Crippen LogP contribution in [-0.2, 0) is 16.0 Å². The molecule has 0 aliphatic rings. The van der Waals surface area contributed by atoms with E-state index in [1.807, 2.05) is 0 Å². The monoisotopic (exact) mass is 283 g/mol. The SMILES string of the molecule is Cc1noc(CCC(=O)NCCCCCCC(=O)O)n1. The molecule has 7 nitrogen and oxygen atoms in total. The molecule has 7 heteroatoms. The van der Waals surface area contributed by atoms with Crippen LogP contribution in [0.5, 0.6) is 0 Å². The normalized spacial score (nSPS) is 10.4. The van der Waals surface area contributed by atoms with E-state index in [1.165, 1.54) is 0 Å². The average molecular weight is 283 g/mol. The molecule has 0 aromatic carbocycles. The number of aromatic nitrogens is 2. The molecule has 0 atom stereocenters. The zero-order chi connectivity index (χ0) is 14.8. The maximum absolute atomic E-state index is 11.5. The first-order valence-electron chi connectivity index (χ1n) is 6.85. The molecule has 0 aliphatic heterocycles. The Morgan fingerprint density at radius 1 is 1.20 bits per heavy atom. The number of amides is 1. The second-order valence-corrected chi connectivity index (χ2v) is 4.64. The number of nitrogens with one attached hydrogen (secondary N) is 1. The van der Waals surface area contributed by atoms with Crippen LogP contribution >= 0.6 is 0 Å². The van der Waals surface area contributed by atoms with Crippen LogP contribution < -0.4 is 5.32 Å². The minimum absolute atomic E-state index is 0.0358. The van der Waals surface area contributed by atoms with Crippen molar-refractivity contribution >= 4 is 11.9 Å². The summed E-state index contributed by atoms with van der Waals surface area (Å²) < 4.78 is 4.91. The van der Waals surface area contributed by atoms with Crippen molar-refractivity contribution in [2.45, 2.75) is 51.9 Å². The number of hydrogen-bond acceptors (Lipinski definition) is 5. The van der Waals surface area contributed by atoms with Gasteiger partial charge in [-0.1, -0.05) is 18.0 Å². The number of nitrogens with zero attached hydrogens (tertiary/aromatic N) is 2. The van der Waals surface area contributed by atoms with E-state index in [9.17, 15) is 9.59 Å². The van der Waals surface area contributed by atoms with Crippen LogP contribution in [0.15, 0.2) is 4.52 Å². The van der Waals surface area contributed by atoms with Crippen LogP contribution in [0.4, 0.5) is 0 Å². The molecule has 0 unspecified atom stereocenters. The lowest BCUT2D eigenvalue weighted by Crippen LogP contribution is -2.24. The van der Waals surface area contributed by atoms with E-state index in [4.69, 9.17) is 9.63 Å². The third-order valence-corrected chi connectivity index (χ3v) is 2.78. The average Bonchev–Trinajstić information content (AvgIpc) is 2.81. The summed E-state index contributed by atoms with van der Waals surface area (Å²) in [6, 6.07) is 0. The molecule has 1 aromatic heterocycles. The number of rotatable bonds is 10. The molecule has 1 amide bonds. The first-order chi connectivity index (χ1) is 9.58. The molecule has 20 heavy (non-hydrogen) atoms. The maximum Gasteiger partial charge on any atom is 0.303 e. The van der Waals surface area contributed by atoms with Gasteiger partial charge in [0.15, 0.2) is 5.82 Å². The Morgan fingerprint density at radius 3 is 2.60 bits per heavy atom. The highest BCUT2D eigenvalue weighted by molar-refractivity contribution is 5.75. The Balaban J connectivity index is 1.96. The second-order valence-electron chi connectivity index (χ2n) is 4.64. The minimum Gasteiger partial charge on any atom is -0.481 e. The molecule has 0 bridgehead atoms. The van der Waals surface area contributed by atoms with Crippen LogP contribution in [0.25, 0.3) is 0 Å². The van der Waals surface area contributed by atoms with E-state index < -0.39 is 5.97 Å². The predicted octanol–water partition coefficient (Wildman–Crippen LogP) is 1.46. The minimum atomic E-state index is -0.755. The van der Waals surface area contributed by atoms with Gasteiger partial charge in [0.2, 0.25) is 11.8 Å². The standard InChI is InChI=1S/C13H21N3O4/c1-10-15-12(20-16-10)8-7-11(17)14-9-5-3-2-4-6-13(18)19/h2-9H2,1H3,(H,14,17)(H,18,19). The number of carbonyl (C=O) groups excluding carboxylic acids is 1. The van der Waals surface area contributed by atoms with Crippen LogP contribution in [-0.4, -0.2) is 33.7 Å². The zero-order valence-electron chi connectivity index (χ0n) is 11.7. The number of aryl methyl sites for hydroxylation is 2. The molecular weight excluding hydrogens is 262 g/mol. The van der Waals surface area contributed by atoms with Gasteiger partial charge < -0.3 is 14.9 Å². The first-order valence-corrected chi connectivity index (χ1v) is 6.85. The van der Waals surface area contributed by atoms with Crippen molar-refractivity contribution in [2.24, 2.45) is 0 Å². The summed E-state index contributed by atoms with van der Waals surface area (Å²) >= 11 is 0. The Hall–Kier alpha value is -1.92. The summed E-state index contributed by atoms with van der Waals surface area (Å²) in [4.78, 5) is 25.8. The zero-order valence-corrected chi connectivity index (χ0v) is 11.7. The molecule has 0 radical (unpaired) electrons. The molecule has 0 saturated carbocycles. The van der Waals surface area contributed by atoms with Crippen LogP contribution in [0.3, 0.4) is 0 Å². The van der Waals surface area contributed by atoms with Crippen molar-refractivity contribution < 1.29 is 19.2 Å². The van der Waals surface area contributed by atoms with Crippen molar-refractivity contribution in [3.8, 4) is 0 Å². The van der Waals surface area contributed by atoms with E-state index in [-0.39, 0.29) is 12.3 Å². The van der Waals surface area contributed by atoms with Crippen molar-refractivity contribution in [3.05, 3.63) is 11.7 Å². The van der Waals surface area contributed by atoms with Gasteiger partial charge in [-0.3, -0.25) is 9.59 Å². The largest absolute Gasteiger partial charge is 0.481 e. The quantitative estimate of drug-likeness (QED) is 0.630. The fourth-order valence-corrected chi connectivity index (χ4v) is 1.73. The number of carbonyl (C=O) groups is 2. The Labute approximate surface area is 117 Å². The summed E-state index contributed by atoms with van der Waals surface area (Å²) in [6.07, 6.45) is 4.37. The van der Waals surface area contributed by atoms with Crippen LogP contribution in [0, 0.1) is 6.92 Å². The number of carboxylic acid groups (broad SMARTS) is 1. The topological polar surface area (TPSA) is 105 Å². The smallest absolute Gasteiger partial charge is 0.303 e. The lowest BCUT2D eigenvalue weighted by Gasteiger charge is -2.03. The van der Waals surface area contributed by atoms with Gasteiger partial charge in [-0.25, -0.2) is 0 Å². The van der Waals surface area contributed by atoms with Gasteiger partial charge in [0.05, 0.1) is 0 Å². The molecule has 0 saturated heterocycles. The van der Waals surface area contributed by atoms with Gasteiger partial charge in [0, 0.05) is 25.8 Å². The Morgan fingerprint density at radius 2 is 1.95 bits per heavy atom. The Kier molecular flexibility index (Phi) is 7.31. The maximum atomic E-state index is 11.5. The number of aliphatic carboxylic acids is 1. The van der Waals surface area contributed by atoms with Crippen molar-refractivity contribution in [1.82, 2.24) is 15.5 Å². The number of carboxylic acids is 1. The van der Waals surface area contributed by atoms with E-state index in [0.29, 0.717) is 37.5 Å². The molecule has 2 N–H and O–H groups in total. The third-order valence-electron chi connectivity index (χ3n) is 2.78. The predicted molar refractivity (Wildman–Crippen MR) is 71.1 cm³/mol. The van der Waals surface area contributed by atoms with Crippen LogP contribution in [0.1, 0.15) is 50.2 Å². The van der Waals surface area contributed by atoms with Crippen molar-refractivity contribution in [3.63, 3.8) is 0 Å². The van der Waals surface area contributed by atoms with E-state index in [0.717, 1.165) is 19.3 Å². The lowest BCUT2D eigenvalue weighted by molar-refractivity contribution is -0.137. The summed E-state index contributed by atoms with van der Waals surface area (Å²) in [7, 11) is 0. The summed E-state index contributed by atoms with van der Waals surface area (Å²) in [5.41, 5.74) is 0. The second kappa shape index (κ2) is 9.06. The number of unbranched alkanes of at least 4 members (excludes halogenated alkanes) is 3. The molecule has 112 valence electrons. The first kappa shape index (κ1) is 16.1. The summed E-state index contributed by atoms with van der Waals surface area (Å²) in [6.45, 7) is 2.35. The lowest BCUT2D eigenvalue weighted by atomic mass is 10.1. The van der Waals surface area contributed by atoms with Gasteiger partial charge in [0.1, 0.15) is 0 Å². The number of hydrogen-bond donors (Lipinski definition) is 2. The van der Waals surface area contributed by atoms with Crippen molar-refractivity contribution in [1.29, 1.82) is 0 Å². The van der Waals surface area contributed by atoms with Gasteiger partial charge in [-0.2, -0.15) is 4.98 Å². The fraction of sp³-hybridized carbons (Fsp3) is 0.692. The van der Waals surface area contributed by atoms with Crippen molar-refractivity contribution in [2.75, 3.05) is 6.54 Å². The summed E-state index contributed by atoms with van der Waals surface area (Å²) in [5.74, 6) is 0.258. The van der Waals surface area contributed by atoms with Crippen LogP contribution in [0.2, 0.25) is 0 Å². The highest BCUT2D eigenvalue weighted by atomic mass is 16.5. The van der Waals surface area contributed by atoms with Gasteiger partial charge >= 0.3 is 5.97 Å². The molecule has 1 rings (SSSR count). The van der Waals surface area contributed by atoms with Gasteiger partial charge in [-0.15, -0.1) is 0 Å². The molecule has 0 fully saturated rings. The third kappa shape index (κ3) is 7.50. The molecule has 0 spiro atoms. The molecule has 1 aromatic rings.